The van der Waals surface area contributed by atoms with Crippen LogP contribution in [0.15, 0.2) is 21.3 Å². The van der Waals surface area contributed by atoms with Gasteiger partial charge in [-0.15, -0.1) is 0 Å². The van der Waals surface area contributed by atoms with Gasteiger partial charge in [-0.2, -0.15) is 0 Å². The maximum Gasteiger partial charge on any atom is 0.339 e. The van der Waals surface area contributed by atoms with E-state index in [1.54, 1.807) is 13.0 Å². The number of hydrogen-bond acceptors (Lipinski definition) is 3. The molecular formula is C22H40O3. The summed E-state index contributed by atoms with van der Waals surface area (Å²) in [6, 6.07) is 3.18. The molecule has 0 aliphatic heterocycles. The third-order valence-electron chi connectivity index (χ3n) is 4.13. The third-order valence-corrected chi connectivity index (χ3v) is 4.13. The number of hydrogen-bond donors (Lipinski definition) is 0. The number of rotatable bonds is 14. The highest BCUT2D eigenvalue weighted by molar-refractivity contribution is 5.19. The molecule has 0 atom stereocenters. The van der Waals surface area contributed by atoms with E-state index in [1.165, 1.54) is 76.7 Å². The second-order valence-corrected chi connectivity index (χ2v) is 6.46. The fourth-order valence-corrected chi connectivity index (χ4v) is 2.79. The van der Waals surface area contributed by atoms with Gasteiger partial charge in [0.15, 0.2) is 0 Å². The lowest BCUT2D eigenvalue weighted by atomic mass is 10.1. The van der Waals surface area contributed by atoms with Crippen molar-refractivity contribution in [2.24, 2.45) is 0 Å². The van der Waals surface area contributed by atoms with Crippen LogP contribution in [-0.4, -0.2) is 6.61 Å². The molecule has 3 nitrogen and oxygen atoms in total. The molecule has 0 fully saturated rings. The van der Waals surface area contributed by atoms with Crippen LogP contribution in [0.3, 0.4) is 0 Å². The number of unbranched alkanes of at least 4 members (excludes halogenated alkanes) is 11. The van der Waals surface area contributed by atoms with Crippen LogP contribution in [-0.2, 0) is 0 Å². The van der Waals surface area contributed by atoms with Crippen LogP contribution in [0.2, 0.25) is 0 Å². The van der Waals surface area contributed by atoms with Gasteiger partial charge in [0.05, 0.1) is 12.7 Å². The molecule has 1 aromatic rings. The van der Waals surface area contributed by atoms with Crippen LogP contribution < -0.4 is 10.4 Å². The number of ether oxygens (including phenoxy) is 1. The highest BCUT2D eigenvalue weighted by Crippen LogP contribution is 2.13. The Morgan fingerprint density at radius 2 is 1.28 bits per heavy atom. The zero-order valence-electron chi connectivity index (χ0n) is 17.1. The second kappa shape index (κ2) is 17.6. The molecule has 1 rings (SSSR count). The van der Waals surface area contributed by atoms with Gasteiger partial charge in [0.25, 0.3) is 0 Å². The molecule has 0 saturated carbocycles. The van der Waals surface area contributed by atoms with E-state index < -0.39 is 0 Å². The normalized spacial score (nSPS) is 10.2. The molecule has 1 aromatic heterocycles. The van der Waals surface area contributed by atoms with E-state index in [4.69, 9.17) is 9.15 Å². The average Bonchev–Trinajstić information content (AvgIpc) is 2.60. The summed E-state index contributed by atoms with van der Waals surface area (Å²) in [7, 11) is 0. The van der Waals surface area contributed by atoms with E-state index >= 15 is 0 Å². The molecule has 0 spiro atoms. The Bertz CT molecular complexity index is 451. The van der Waals surface area contributed by atoms with Crippen LogP contribution in [0, 0.1) is 6.92 Å². The Morgan fingerprint density at radius 1 is 0.800 bits per heavy atom. The molecule has 0 saturated heterocycles. The van der Waals surface area contributed by atoms with Crippen molar-refractivity contribution in [2.75, 3.05) is 6.61 Å². The molecule has 0 amide bonds. The van der Waals surface area contributed by atoms with Crippen LogP contribution in [0.5, 0.6) is 5.75 Å². The minimum atomic E-state index is -0.338. The van der Waals surface area contributed by atoms with Crippen molar-refractivity contribution in [3.8, 4) is 5.75 Å². The fourth-order valence-electron chi connectivity index (χ4n) is 2.79. The van der Waals surface area contributed by atoms with E-state index in [9.17, 15) is 4.79 Å². The molecule has 0 aliphatic carbocycles. The van der Waals surface area contributed by atoms with Gasteiger partial charge in [-0.05, 0) is 13.3 Å². The Balaban J connectivity index is 0.00000277. The average molecular weight is 353 g/mol. The summed E-state index contributed by atoms with van der Waals surface area (Å²) in [5.74, 6) is 1.23. The second-order valence-electron chi connectivity index (χ2n) is 6.46. The summed E-state index contributed by atoms with van der Waals surface area (Å²) in [6.45, 7) is 8.71. The molecule has 146 valence electrons. The molecule has 1 heterocycles. The first-order valence-corrected chi connectivity index (χ1v) is 10.5. The van der Waals surface area contributed by atoms with Gasteiger partial charge in [-0.25, -0.2) is 4.79 Å². The first-order valence-electron chi connectivity index (χ1n) is 10.5. The lowest BCUT2D eigenvalue weighted by molar-refractivity contribution is 0.299. The molecule has 25 heavy (non-hydrogen) atoms. The molecule has 0 N–H and O–H groups in total. The first kappa shape index (κ1) is 23.8. The molecule has 3 heteroatoms. The van der Waals surface area contributed by atoms with Gasteiger partial charge >= 0.3 is 5.63 Å². The van der Waals surface area contributed by atoms with Crippen molar-refractivity contribution in [3.05, 3.63) is 28.3 Å². The largest absolute Gasteiger partial charge is 0.493 e. The van der Waals surface area contributed by atoms with Crippen molar-refractivity contribution in [1.82, 2.24) is 0 Å². The van der Waals surface area contributed by atoms with Crippen molar-refractivity contribution in [3.63, 3.8) is 0 Å². The minimum absolute atomic E-state index is 0.338. The molecule has 0 radical (unpaired) electrons. The van der Waals surface area contributed by atoms with E-state index in [-0.39, 0.29) is 5.63 Å². The van der Waals surface area contributed by atoms with E-state index in [0.717, 1.165) is 6.42 Å². The SMILES string of the molecule is CC.CCCCCCCCCCCCCCOc1cc(C)oc(=O)c1. The Hall–Kier alpha value is -1.25. The van der Waals surface area contributed by atoms with E-state index in [0.29, 0.717) is 18.1 Å². The summed E-state index contributed by atoms with van der Waals surface area (Å²) in [4.78, 5) is 11.2. The van der Waals surface area contributed by atoms with Crippen LogP contribution in [0.4, 0.5) is 0 Å². The first-order chi connectivity index (χ1) is 12.2. The van der Waals surface area contributed by atoms with Gasteiger partial charge < -0.3 is 9.15 Å². The predicted molar refractivity (Wildman–Crippen MR) is 108 cm³/mol. The van der Waals surface area contributed by atoms with Gasteiger partial charge in [0, 0.05) is 6.07 Å². The van der Waals surface area contributed by atoms with Gasteiger partial charge in [0.1, 0.15) is 11.5 Å². The lowest BCUT2D eigenvalue weighted by Crippen LogP contribution is -2.03. The monoisotopic (exact) mass is 352 g/mol. The van der Waals surface area contributed by atoms with Crippen molar-refractivity contribution in [2.45, 2.75) is 105 Å². The zero-order chi connectivity index (χ0) is 18.8. The summed E-state index contributed by atoms with van der Waals surface area (Å²) < 4.78 is 10.5. The van der Waals surface area contributed by atoms with Gasteiger partial charge in [0.2, 0.25) is 0 Å². The molecule has 0 bridgehead atoms. The van der Waals surface area contributed by atoms with Crippen molar-refractivity contribution < 1.29 is 9.15 Å². The van der Waals surface area contributed by atoms with Crippen LogP contribution >= 0.6 is 0 Å². The summed E-state index contributed by atoms with van der Waals surface area (Å²) in [5, 5.41) is 0. The highest BCUT2D eigenvalue weighted by atomic mass is 16.5. The summed E-state index contributed by atoms with van der Waals surface area (Å²) in [5.41, 5.74) is -0.338. The quantitative estimate of drug-likeness (QED) is 0.337. The molecular weight excluding hydrogens is 312 g/mol. The number of aryl methyl sites for hydroxylation is 1. The molecule has 0 aliphatic rings. The summed E-state index contributed by atoms with van der Waals surface area (Å²) >= 11 is 0. The Labute approximate surface area is 155 Å². The maximum atomic E-state index is 11.2. The Morgan fingerprint density at radius 3 is 1.76 bits per heavy atom. The molecule has 0 aromatic carbocycles. The standard InChI is InChI=1S/C20H34O3.C2H6/c1-3-4-5-6-7-8-9-10-11-12-13-14-15-22-19-16-18(2)23-20(21)17-19;1-2/h16-17H,3-15H2,1-2H3;1-2H3. The zero-order valence-corrected chi connectivity index (χ0v) is 17.1. The van der Waals surface area contributed by atoms with Crippen molar-refractivity contribution >= 4 is 0 Å². The van der Waals surface area contributed by atoms with E-state index in [1.807, 2.05) is 13.8 Å². The fraction of sp³-hybridized carbons (Fsp3) is 0.773. The summed E-state index contributed by atoms with van der Waals surface area (Å²) in [6.07, 6.45) is 16.0. The Kier molecular flexibility index (Phi) is 16.7. The smallest absolute Gasteiger partial charge is 0.339 e. The third kappa shape index (κ3) is 14.8. The minimum Gasteiger partial charge on any atom is -0.493 e. The van der Waals surface area contributed by atoms with Gasteiger partial charge in [-0.3, -0.25) is 0 Å². The van der Waals surface area contributed by atoms with E-state index in [2.05, 4.69) is 6.92 Å². The van der Waals surface area contributed by atoms with Gasteiger partial charge in [-0.1, -0.05) is 91.4 Å². The molecule has 0 unspecified atom stereocenters. The van der Waals surface area contributed by atoms with Crippen LogP contribution in [0.1, 0.15) is 104 Å². The maximum absolute atomic E-state index is 11.2. The topological polar surface area (TPSA) is 39.4 Å². The lowest BCUT2D eigenvalue weighted by Gasteiger charge is -2.06. The van der Waals surface area contributed by atoms with Crippen molar-refractivity contribution in [1.29, 1.82) is 0 Å². The van der Waals surface area contributed by atoms with Crippen LogP contribution in [0.25, 0.3) is 0 Å². The predicted octanol–water partition coefficient (Wildman–Crippen LogP) is 7.05. The highest BCUT2D eigenvalue weighted by Gasteiger charge is 1.99.